The number of hydrogen-bond donors (Lipinski definition) is 2. The van der Waals surface area contributed by atoms with Crippen LogP contribution < -0.4 is 5.73 Å². The molecule has 0 atom stereocenters. The Morgan fingerprint density at radius 1 is 1.58 bits per heavy atom. The molecule has 0 spiro atoms. The predicted molar refractivity (Wildman–Crippen MR) is 53.6 cm³/mol. The van der Waals surface area contributed by atoms with Gasteiger partial charge in [0, 0.05) is 18.6 Å². The second kappa shape index (κ2) is 5.45. The predicted octanol–water partition coefficient (Wildman–Crippen LogP) is 0.128. The second-order valence-corrected chi connectivity index (χ2v) is 5.30. The molecule has 72 valence electrons. The third-order valence-corrected chi connectivity index (χ3v) is 3.02. The molecule has 0 aliphatic heterocycles. The fraction of sp³-hybridized carbons (Fsp3) is 0.875. The SMILES string of the molecule is C[Si](=CC(C)(C)N)OCCCO. The van der Waals surface area contributed by atoms with Crippen LogP contribution in [0.1, 0.15) is 20.3 Å². The zero-order valence-electron chi connectivity index (χ0n) is 8.13. The summed E-state index contributed by atoms with van der Waals surface area (Å²) in [4.78, 5) is 0. The average molecular weight is 189 g/mol. The summed E-state index contributed by atoms with van der Waals surface area (Å²) < 4.78 is 5.46. The van der Waals surface area contributed by atoms with Gasteiger partial charge in [0.2, 0.25) is 8.65 Å². The lowest BCUT2D eigenvalue weighted by Crippen LogP contribution is -2.37. The van der Waals surface area contributed by atoms with Gasteiger partial charge in [-0.05, 0) is 26.1 Å². The molecule has 3 N–H and O–H groups in total. The van der Waals surface area contributed by atoms with Crippen molar-refractivity contribution in [3.8, 4) is 0 Å². The highest BCUT2D eigenvalue weighted by Crippen LogP contribution is 1.91. The number of hydrogen-bond acceptors (Lipinski definition) is 3. The molecular weight excluding hydrogens is 170 g/mol. The number of nitrogens with two attached hydrogens (primary N) is 1. The van der Waals surface area contributed by atoms with Crippen LogP contribution in [0.5, 0.6) is 0 Å². The van der Waals surface area contributed by atoms with Crippen LogP contribution in [-0.4, -0.2) is 38.2 Å². The van der Waals surface area contributed by atoms with Gasteiger partial charge in [-0.25, -0.2) is 0 Å². The van der Waals surface area contributed by atoms with Gasteiger partial charge in [0.05, 0.1) is 6.61 Å². The molecule has 0 aromatic heterocycles. The fourth-order valence-corrected chi connectivity index (χ4v) is 2.46. The summed E-state index contributed by atoms with van der Waals surface area (Å²) in [6.07, 6.45) is 0.709. The van der Waals surface area contributed by atoms with E-state index in [1.54, 1.807) is 0 Å². The first-order chi connectivity index (χ1) is 5.45. The van der Waals surface area contributed by atoms with Gasteiger partial charge < -0.3 is 15.3 Å². The first-order valence-corrected chi connectivity index (χ1v) is 6.16. The van der Waals surface area contributed by atoms with Crippen LogP contribution in [0.2, 0.25) is 6.55 Å². The summed E-state index contributed by atoms with van der Waals surface area (Å²) in [5, 5.41) is 8.51. The Morgan fingerprint density at radius 3 is 2.58 bits per heavy atom. The normalized spacial score (nSPS) is 13.2. The summed E-state index contributed by atoms with van der Waals surface area (Å²) >= 11 is 0. The molecule has 0 aromatic carbocycles. The average Bonchev–Trinajstić information content (AvgIpc) is 1.84. The molecule has 0 aromatic rings. The lowest BCUT2D eigenvalue weighted by molar-refractivity contribution is 0.238. The zero-order chi connectivity index (χ0) is 9.61. The van der Waals surface area contributed by atoms with Crippen molar-refractivity contribution in [2.45, 2.75) is 32.4 Å². The summed E-state index contributed by atoms with van der Waals surface area (Å²) in [7, 11) is -0.881. The lowest BCUT2D eigenvalue weighted by atomic mass is 10.1. The van der Waals surface area contributed by atoms with Crippen LogP contribution in [0.4, 0.5) is 0 Å². The molecule has 0 heterocycles. The van der Waals surface area contributed by atoms with Gasteiger partial charge in [-0.3, -0.25) is 0 Å². The van der Waals surface area contributed by atoms with E-state index in [0.717, 1.165) is 0 Å². The highest BCUT2D eigenvalue weighted by molar-refractivity contribution is 6.60. The Balaban J connectivity index is 3.71. The molecule has 0 radical (unpaired) electrons. The molecule has 0 aliphatic rings. The third kappa shape index (κ3) is 7.91. The monoisotopic (exact) mass is 189 g/mol. The minimum Gasteiger partial charge on any atom is -0.551 e. The molecule has 4 heteroatoms. The molecular formula is C8H19NO2Si. The van der Waals surface area contributed by atoms with Gasteiger partial charge in [-0.1, -0.05) is 0 Å². The first kappa shape index (κ1) is 11.8. The van der Waals surface area contributed by atoms with Crippen molar-refractivity contribution in [1.29, 1.82) is 0 Å². The Bertz CT molecular complexity index is 152. The molecule has 0 amide bonds. The topological polar surface area (TPSA) is 55.5 Å². The molecule has 12 heavy (non-hydrogen) atoms. The van der Waals surface area contributed by atoms with E-state index in [9.17, 15) is 0 Å². The van der Waals surface area contributed by atoms with Gasteiger partial charge in [-0.15, -0.1) is 0 Å². The zero-order valence-corrected chi connectivity index (χ0v) is 9.13. The van der Waals surface area contributed by atoms with Gasteiger partial charge in [0.15, 0.2) is 0 Å². The van der Waals surface area contributed by atoms with E-state index < -0.39 is 8.65 Å². The standard InChI is InChI=1S/C8H19NO2Si/c1-8(2,9)7-12(3)11-6-4-5-10/h7,10H,4-6,9H2,1-3H3. The Labute approximate surface area is 75.9 Å². The smallest absolute Gasteiger partial charge is 0.226 e. The Hall–Kier alpha value is -0.193. The van der Waals surface area contributed by atoms with E-state index in [2.05, 4.69) is 12.2 Å². The second-order valence-electron chi connectivity index (χ2n) is 3.50. The number of rotatable bonds is 5. The summed E-state index contributed by atoms with van der Waals surface area (Å²) in [5.41, 5.74) is 7.58. The molecule has 0 unspecified atom stereocenters. The molecule has 0 aliphatic carbocycles. The number of aliphatic hydroxyl groups is 1. The van der Waals surface area contributed by atoms with Crippen molar-refractivity contribution >= 4 is 14.3 Å². The van der Waals surface area contributed by atoms with Crippen molar-refractivity contribution < 1.29 is 9.53 Å². The van der Waals surface area contributed by atoms with Crippen LogP contribution in [0.25, 0.3) is 0 Å². The minimum absolute atomic E-state index is 0.196. The van der Waals surface area contributed by atoms with Crippen LogP contribution in [0.3, 0.4) is 0 Å². The quantitative estimate of drug-likeness (QED) is 0.477. The van der Waals surface area contributed by atoms with Crippen molar-refractivity contribution in [2.75, 3.05) is 13.2 Å². The Morgan fingerprint density at radius 2 is 2.17 bits per heavy atom. The van der Waals surface area contributed by atoms with Crippen LogP contribution in [-0.2, 0) is 4.43 Å². The van der Waals surface area contributed by atoms with Crippen LogP contribution in [0, 0.1) is 0 Å². The van der Waals surface area contributed by atoms with Gasteiger partial charge in [0.25, 0.3) is 0 Å². The lowest BCUT2D eigenvalue weighted by Gasteiger charge is -2.14. The van der Waals surface area contributed by atoms with Gasteiger partial charge in [-0.2, -0.15) is 0 Å². The first-order valence-electron chi connectivity index (χ1n) is 4.18. The minimum atomic E-state index is -0.881. The van der Waals surface area contributed by atoms with Gasteiger partial charge >= 0.3 is 0 Å². The van der Waals surface area contributed by atoms with Crippen LogP contribution in [0.15, 0.2) is 0 Å². The fourth-order valence-electron chi connectivity index (χ4n) is 0.863. The number of aliphatic hydroxyl groups excluding tert-OH is 1. The maximum Gasteiger partial charge on any atom is 0.226 e. The van der Waals surface area contributed by atoms with E-state index in [1.165, 1.54) is 0 Å². The molecule has 0 fully saturated rings. The highest BCUT2D eigenvalue weighted by Gasteiger charge is 2.07. The molecule has 0 saturated heterocycles. The largest absolute Gasteiger partial charge is 0.551 e. The maximum atomic E-state index is 8.51. The highest BCUT2D eigenvalue weighted by atomic mass is 28.3. The van der Waals surface area contributed by atoms with Crippen molar-refractivity contribution in [3.05, 3.63) is 0 Å². The van der Waals surface area contributed by atoms with E-state index in [-0.39, 0.29) is 12.1 Å². The van der Waals surface area contributed by atoms with Gasteiger partial charge in [0.1, 0.15) is 0 Å². The molecule has 0 bridgehead atoms. The maximum absolute atomic E-state index is 8.51. The van der Waals surface area contributed by atoms with Crippen LogP contribution >= 0.6 is 0 Å². The Kier molecular flexibility index (Phi) is 5.36. The van der Waals surface area contributed by atoms with E-state index in [1.807, 2.05) is 13.8 Å². The third-order valence-electron chi connectivity index (χ3n) is 1.21. The van der Waals surface area contributed by atoms with Crippen molar-refractivity contribution in [2.24, 2.45) is 5.73 Å². The van der Waals surface area contributed by atoms with E-state index in [4.69, 9.17) is 15.3 Å². The van der Waals surface area contributed by atoms with Crippen molar-refractivity contribution in [1.82, 2.24) is 0 Å². The molecule has 3 nitrogen and oxygen atoms in total. The summed E-state index contributed by atoms with van der Waals surface area (Å²) in [6, 6.07) is 0. The summed E-state index contributed by atoms with van der Waals surface area (Å²) in [5.74, 6) is 0. The van der Waals surface area contributed by atoms with Crippen molar-refractivity contribution in [3.63, 3.8) is 0 Å². The van der Waals surface area contributed by atoms with E-state index >= 15 is 0 Å². The molecule has 0 saturated carbocycles. The summed E-state index contributed by atoms with van der Waals surface area (Å²) in [6.45, 7) is 6.79. The molecule has 0 rings (SSSR count). The van der Waals surface area contributed by atoms with E-state index in [0.29, 0.717) is 13.0 Å².